The highest BCUT2D eigenvalue weighted by molar-refractivity contribution is 7.41. The van der Waals surface area contributed by atoms with Crippen LogP contribution in [-0.2, 0) is 14.2 Å². The molecule has 0 heterocycles. The number of amides is 1. The van der Waals surface area contributed by atoms with Crippen molar-refractivity contribution in [3.63, 3.8) is 0 Å². The lowest BCUT2D eigenvalue weighted by molar-refractivity contribution is 0.158. The summed E-state index contributed by atoms with van der Waals surface area (Å²) in [4.78, 5) is 13.5. The second-order valence-electron chi connectivity index (χ2n) is 4.78. The molecule has 0 aliphatic rings. The van der Waals surface area contributed by atoms with E-state index >= 15 is 0 Å². The van der Waals surface area contributed by atoms with Gasteiger partial charge in [-0.25, -0.2) is 4.79 Å². The Labute approximate surface area is 122 Å². The van der Waals surface area contributed by atoms with Crippen LogP contribution in [0.25, 0.3) is 0 Å². The van der Waals surface area contributed by atoms with E-state index in [9.17, 15) is 9.36 Å². The smallest absolute Gasteiger partial charge is 0.305 e. The van der Waals surface area contributed by atoms with E-state index in [0.29, 0.717) is 19.5 Å². The summed E-state index contributed by atoms with van der Waals surface area (Å²) in [6, 6.07) is 9.55. The number of carbonyl (C=O) groups excluding carboxylic acids is 1. The zero-order valence-electron chi connectivity index (χ0n) is 12.6. The van der Waals surface area contributed by atoms with Crippen LogP contribution in [-0.4, -0.2) is 24.1 Å². The van der Waals surface area contributed by atoms with E-state index in [2.05, 4.69) is 0 Å². The molecule has 1 amide bonds. The molecule has 0 aliphatic heterocycles. The second-order valence-corrected chi connectivity index (χ2v) is 6.46. The Morgan fingerprint density at radius 3 is 2.20 bits per heavy atom. The Morgan fingerprint density at radius 1 is 1.20 bits per heavy atom. The Hall–Kier alpha value is -1.41. The van der Waals surface area contributed by atoms with Gasteiger partial charge in [-0.05, 0) is 25.3 Å². The van der Waals surface area contributed by atoms with E-state index in [-0.39, 0.29) is 0 Å². The number of carbonyl (C=O) groups is 1. The first-order valence-electron chi connectivity index (χ1n) is 6.99. The molecular weight excluding hydrogens is 273 g/mol. The van der Waals surface area contributed by atoms with Gasteiger partial charge in [-0.15, -0.1) is 0 Å². The van der Waals surface area contributed by atoms with Gasteiger partial charge in [0.1, 0.15) is 0 Å². The van der Waals surface area contributed by atoms with Gasteiger partial charge in [0.2, 0.25) is 5.16 Å². The third-order valence-corrected chi connectivity index (χ3v) is 5.37. The van der Waals surface area contributed by atoms with Gasteiger partial charge in [-0.2, -0.15) is 4.52 Å². The van der Waals surface area contributed by atoms with Crippen molar-refractivity contribution in [2.24, 2.45) is 0 Å². The first kappa shape index (κ1) is 16.6. The van der Waals surface area contributed by atoms with Crippen LogP contribution in [0, 0.1) is 0 Å². The summed E-state index contributed by atoms with van der Waals surface area (Å²) in [5, 5.41) is -0.653. The quantitative estimate of drug-likeness (QED) is 0.724. The van der Waals surface area contributed by atoms with Gasteiger partial charge < -0.3 is 4.90 Å². The molecule has 4 nitrogen and oxygen atoms in total. The number of rotatable bonds is 6. The summed E-state index contributed by atoms with van der Waals surface area (Å²) >= 11 is 0. The molecule has 1 aromatic rings. The maximum atomic E-state index is 12.5. The molecule has 0 saturated heterocycles. The predicted octanol–water partition coefficient (Wildman–Crippen LogP) is 4.53. The number of benzene rings is 1. The highest BCUT2D eigenvalue weighted by Gasteiger charge is 2.49. The standard InChI is InChI=1S/C15H23NO3P/c1-5-15(4,13-11-9-8-10-12-13)20(18)19-14(17)16(6-2)7-3/h8-12H,5-7H2,1-4H3/q+1. The molecule has 0 fully saturated rings. The van der Waals surface area contributed by atoms with Crippen molar-refractivity contribution in [3.8, 4) is 0 Å². The van der Waals surface area contributed by atoms with Crippen LogP contribution in [0.3, 0.4) is 0 Å². The summed E-state index contributed by atoms with van der Waals surface area (Å²) < 4.78 is 17.7. The van der Waals surface area contributed by atoms with E-state index in [0.717, 1.165) is 5.56 Å². The normalized spacial score (nSPS) is 14.3. The van der Waals surface area contributed by atoms with Crippen LogP contribution in [0.2, 0.25) is 0 Å². The number of nitrogens with zero attached hydrogens (tertiary/aromatic N) is 1. The van der Waals surface area contributed by atoms with Gasteiger partial charge in [0.05, 0.1) is 0 Å². The van der Waals surface area contributed by atoms with Gasteiger partial charge >= 0.3 is 14.1 Å². The summed E-state index contributed by atoms with van der Waals surface area (Å²) in [7, 11) is -2.13. The molecule has 0 N–H and O–H groups in total. The number of hydrogen-bond donors (Lipinski definition) is 0. The molecule has 0 aromatic heterocycles. The average molecular weight is 296 g/mol. The molecule has 0 radical (unpaired) electrons. The third-order valence-electron chi connectivity index (χ3n) is 3.67. The van der Waals surface area contributed by atoms with Crippen molar-refractivity contribution in [1.29, 1.82) is 0 Å². The molecule has 0 bridgehead atoms. The van der Waals surface area contributed by atoms with E-state index in [1.807, 2.05) is 58.0 Å². The van der Waals surface area contributed by atoms with Crippen LogP contribution >= 0.6 is 8.03 Å². The maximum absolute atomic E-state index is 12.5. The zero-order chi connectivity index (χ0) is 15.2. The number of hydrogen-bond acceptors (Lipinski definition) is 3. The molecule has 2 unspecified atom stereocenters. The van der Waals surface area contributed by atoms with Crippen LogP contribution in [0.5, 0.6) is 0 Å². The van der Waals surface area contributed by atoms with Crippen molar-refractivity contribution in [2.45, 2.75) is 39.3 Å². The van der Waals surface area contributed by atoms with Gasteiger partial charge in [-0.1, -0.05) is 37.3 Å². The van der Waals surface area contributed by atoms with E-state index in [1.54, 1.807) is 0 Å². The lowest BCUT2D eigenvalue weighted by atomic mass is 9.98. The summed E-state index contributed by atoms with van der Waals surface area (Å²) in [5.74, 6) is 0. The van der Waals surface area contributed by atoms with Crippen molar-refractivity contribution in [1.82, 2.24) is 4.90 Å². The molecular formula is C15H23NO3P+. The molecule has 1 aromatic carbocycles. The highest BCUT2D eigenvalue weighted by atomic mass is 31.1. The molecule has 5 heteroatoms. The maximum Gasteiger partial charge on any atom is 0.571 e. The Bertz CT molecular complexity index is 459. The lowest BCUT2D eigenvalue weighted by Crippen LogP contribution is -2.31. The van der Waals surface area contributed by atoms with Gasteiger partial charge in [0.15, 0.2) is 0 Å². The third kappa shape index (κ3) is 3.57. The topological polar surface area (TPSA) is 46.6 Å². The minimum absolute atomic E-state index is 0.508. The second kappa shape index (κ2) is 7.39. The summed E-state index contributed by atoms with van der Waals surface area (Å²) in [5.41, 5.74) is 0.927. The Morgan fingerprint density at radius 2 is 1.75 bits per heavy atom. The molecule has 1 rings (SSSR count). The van der Waals surface area contributed by atoms with Crippen molar-refractivity contribution in [3.05, 3.63) is 35.9 Å². The fourth-order valence-electron chi connectivity index (χ4n) is 1.95. The van der Waals surface area contributed by atoms with Gasteiger partial charge in [0, 0.05) is 25.1 Å². The molecule has 0 aliphatic carbocycles. The largest absolute Gasteiger partial charge is 0.571 e. The lowest BCUT2D eigenvalue weighted by Gasteiger charge is -2.18. The molecule has 0 saturated carbocycles. The Kier molecular flexibility index (Phi) is 6.15. The van der Waals surface area contributed by atoms with Crippen LogP contribution in [0.15, 0.2) is 30.3 Å². The minimum Gasteiger partial charge on any atom is -0.305 e. The van der Waals surface area contributed by atoms with Crippen molar-refractivity contribution in [2.75, 3.05) is 13.1 Å². The Balaban J connectivity index is 2.90. The fraction of sp³-hybridized carbons (Fsp3) is 0.533. The average Bonchev–Trinajstić information content (AvgIpc) is 2.48. The molecule has 2 atom stereocenters. The van der Waals surface area contributed by atoms with Crippen LogP contribution in [0.1, 0.15) is 39.7 Å². The first-order valence-corrected chi connectivity index (χ1v) is 8.17. The minimum atomic E-state index is -2.13. The SMILES string of the molecule is CCN(CC)C(=O)O[P+](=O)C(C)(CC)c1ccccc1. The molecule has 20 heavy (non-hydrogen) atoms. The monoisotopic (exact) mass is 296 g/mol. The molecule has 0 spiro atoms. The highest BCUT2D eigenvalue weighted by Crippen LogP contribution is 2.50. The van der Waals surface area contributed by atoms with Gasteiger partial charge in [-0.3, -0.25) is 0 Å². The first-order chi connectivity index (χ1) is 9.49. The van der Waals surface area contributed by atoms with Crippen molar-refractivity contribution < 1.29 is 13.9 Å². The predicted molar refractivity (Wildman–Crippen MR) is 81.1 cm³/mol. The van der Waals surface area contributed by atoms with E-state index in [4.69, 9.17) is 4.52 Å². The zero-order valence-corrected chi connectivity index (χ0v) is 13.5. The van der Waals surface area contributed by atoms with Gasteiger partial charge in [0.25, 0.3) is 0 Å². The summed E-state index contributed by atoms with van der Waals surface area (Å²) in [6.07, 6.45) is 0.129. The van der Waals surface area contributed by atoms with Crippen LogP contribution in [0.4, 0.5) is 4.79 Å². The van der Waals surface area contributed by atoms with Crippen molar-refractivity contribution >= 4 is 14.1 Å². The van der Waals surface area contributed by atoms with E-state index < -0.39 is 19.3 Å². The van der Waals surface area contributed by atoms with Crippen LogP contribution < -0.4 is 0 Å². The fourth-order valence-corrected chi connectivity index (χ4v) is 3.02. The van der Waals surface area contributed by atoms with E-state index in [1.165, 1.54) is 4.90 Å². The molecule has 110 valence electrons. The summed E-state index contributed by atoms with van der Waals surface area (Å²) in [6.45, 7) is 8.66.